The lowest BCUT2D eigenvalue weighted by Crippen LogP contribution is -2.13. The number of benzene rings is 2. The molecule has 0 bridgehead atoms. The van der Waals surface area contributed by atoms with E-state index in [9.17, 15) is 4.79 Å². The van der Waals surface area contributed by atoms with E-state index in [-0.39, 0.29) is 5.91 Å². The topological polar surface area (TPSA) is 41.1 Å². The highest BCUT2D eigenvalue weighted by Crippen LogP contribution is 2.20. The molecule has 2 aromatic rings. The maximum atomic E-state index is 12.3. The van der Waals surface area contributed by atoms with Crippen LogP contribution in [0.5, 0.6) is 0 Å². The van der Waals surface area contributed by atoms with Crippen LogP contribution >= 0.6 is 22.6 Å². The van der Waals surface area contributed by atoms with E-state index < -0.39 is 0 Å². The summed E-state index contributed by atoms with van der Waals surface area (Å²) in [7, 11) is 0. The second-order valence-corrected chi connectivity index (χ2v) is 5.66. The van der Waals surface area contributed by atoms with Gasteiger partial charge in [-0.1, -0.05) is 12.1 Å². The number of para-hydroxylation sites is 1. The van der Waals surface area contributed by atoms with Gasteiger partial charge < -0.3 is 10.6 Å². The minimum Gasteiger partial charge on any atom is -0.385 e. The van der Waals surface area contributed by atoms with E-state index in [1.54, 1.807) is 0 Å². The SMILES string of the molecule is CCNc1ccc(C(=O)Nc2ccccc2I)cc1C. The molecule has 0 spiro atoms. The normalized spacial score (nSPS) is 10.2. The number of hydrogen-bond donors (Lipinski definition) is 2. The molecular weight excluding hydrogens is 363 g/mol. The molecule has 0 heterocycles. The summed E-state index contributed by atoms with van der Waals surface area (Å²) in [5.41, 5.74) is 3.65. The van der Waals surface area contributed by atoms with Crippen LogP contribution < -0.4 is 10.6 Å². The predicted octanol–water partition coefficient (Wildman–Crippen LogP) is 4.28. The van der Waals surface area contributed by atoms with Gasteiger partial charge in [0, 0.05) is 21.4 Å². The van der Waals surface area contributed by atoms with Crippen LogP contribution in [0.1, 0.15) is 22.8 Å². The fourth-order valence-electron chi connectivity index (χ4n) is 1.95. The van der Waals surface area contributed by atoms with Gasteiger partial charge in [0.15, 0.2) is 0 Å². The van der Waals surface area contributed by atoms with Gasteiger partial charge in [-0.25, -0.2) is 0 Å². The molecule has 3 nitrogen and oxygen atoms in total. The van der Waals surface area contributed by atoms with Gasteiger partial charge in [0.2, 0.25) is 0 Å². The van der Waals surface area contributed by atoms with Crippen molar-refractivity contribution in [2.24, 2.45) is 0 Å². The third kappa shape index (κ3) is 3.50. The van der Waals surface area contributed by atoms with E-state index in [0.29, 0.717) is 5.56 Å². The number of carbonyl (C=O) groups is 1. The summed E-state index contributed by atoms with van der Waals surface area (Å²) in [6.45, 7) is 4.92. The molecule has 0 radical (unpaired) electrons. The zero-order valence-electron chi connectivity index (χ0n) is 11.5. The fourth-order valence-corrected chi connectivity index (χ4v) is 2.47. The van der Waals surface area contributed by atoms with Crippen molar-refractivity contribution in [3.8, 4) is 0 Å². The number of hydrogen-bond acceptors (Lipinski definition) is 2. The van der Waals surface area contributed by atoms with Gasteiger partial charge in [-0.3, -0.25) is 4.79 Å². The first kappa shape index (κ1) is 14.8. The Balaban J connectivity index is 2.18. The Morgan fingerprint density at radius 1 is 1.15 bits per heavy atom. The van der Waals surface area contributed by atoms with Gasteiger partial charge >= 0.3 is 0 Å². The third-order valence-electron chi connectivity index (χ3n) is 2.98. The highest BCUT2D eigenvalue weighted by Gasteiger charge is 2.09. The van der Waals surface area contributed by atoms with E-state index >= 15 is 0 Å². The van der Waals surface area contributed by atoms with Crippen molar-refractivity contribution in [3.05, 3.63) is 57.2 Å². The van der Waals surface area contributed by atoms with Crippen molar-refractivity contribution in [2.45, 2.75) is 13.8 Å². The lowest BCUT2D eigenvalue weighted by Gasteiger charge is -2.11. The first-order chi connectivity index (χ1) is 9.61. The third-order valence-corrected chi connectivity index (χ3v) is 3.92. The molecule has 0 aliphatic heterocycles. The fraction of sp³-hybridized carbons (Fsp3) is 0.188. The number of carbonyl (C=O) groups excluding carboxylic acids is 1. The molecule has 0 aromatic heterocycles. The molecule has 0 saturated heterocycles. The lowest BCUT2D eigenvalue weighted by molar-refractivity contribution is 0.102. The summed E-state index contributed by atoms with van der Waals surface area (Å²) in [5, 5.41) is 6.21. The van der Waals surface area contributed by atoms with Gasteiger partial charge in [-0.2, -0.15) is 0 Å². The zero-order chi connectivity index (χ0) is 14.5. The second-order valence-electron chi connectivity index (χ2n) is 4.49. The van der Waals surface area contributed by atoms with Crippen LogP contribution in [-0.2, 0) is 0 Å². The summed E-state index contributed by atoms with van der Waals surface area (Å²) in [5.74, 6) is -0.0831. The Bertz CT molecular complexity index is 626. The first-order valence-electron chi connectivity index (χ1n) is 6.52. The van der Waals surface area contributed by atoms with Gasteiger partial charge in [-0.05, 0) is 72.3 Å². The van der Waals surface area contributed by atoms with Crippen LogP contribution in [0.3, 0.4) is 0 Å². The summed E-state index contributed by atoms with van der Waals surface area (Å²) in [6.07, 6.45) is 0. The van der Waals surface area contributed by atoms with Gasteiger partial charge in [0.25, 0.3) is 5.91 Å². The van der Waals surface area contributed by atoms with Gasteiger partial charge in [0.05, 0.1) is 5.69 Å². The van der Waals surface area contributed by atoms with Crippen molar-refractivity contribution >= 4 is 39.9 Å². The molecule has 0 aliphatic rings. The maximum Gasteiger partial charge on any atom is 0.255 e. The molecule has 2 N–H and O–H groups in total. The number of halogens is 1. The Kier molecular flexibility index (Phi) is 5.00. The van der Waals surface area contributed by atoms with E-state index in [1.165, 1.54) is 0 Å². The summed E-state index contributed by atoms with van der Waals surface area (Å²) >= 11 is 2.21. The molecule has 2 rings (SSSR count). The van der Waals surface area contributed by atoms with Gasteiger partial charge in [0.1, 0.15) is 0 Å². The number of amides is 1. The highest BCUT2D eigenvalue weighted by atomic mass is 127. The Morgan fingerprint density at radius 2 is 1.90 bits per heavy atom. The molecular formula is C16H17IN2O. The minimum absolute atomic E-state index is 0.0831. The molecule has 0 unspecified atom stereocenters. The average Bonchev–Trinajstić information content (AvgIpc) is 2.43. The number of nitrogens with one attached hydrogen (secondary N) is 2. The van der Waals surface area contributed by atoms with Crippen LogP contribution in [0, 0.1) is 10.5 Å². The Hall–Kier alpha value is -1.56. The quantitative estimate of drug-likeness (QED) is 0.778. The van der Waals surface area contributed by atoms with Crippen molar-refractivity contribution in [2.75, 3.05) is 17.2 Å². The van der Waals surface area contributed by atoms with Crippen LogP contribution in [0.15, 0.2) is 42.5 Å². The maximum absolute atomic E-state index is 12.3. The molecule has 104 valence electrons. The van der Waals surface area contributed by atoms with Crippen molar-refractivity contribution in [1.82, 2.24) is 0 Å². The van der Waals surface area contributed by atoms with E-state index in [1.807, 2.05) is 49.4 Å². The largest absolute Gasteiger partial charge is 0.385 e. The van der Waals surface area contributed by atoms with Gasteiger partial charge in [-0.15, -0.1) is 0 Å². The summed E-state index contributed by atoms with van der Waals surface area (Å²) < 4.78 is 1.03. The van der Waals surface area contributed by atoms with E-state index in [4.69, 9.17) is 0 Å². The monoisotopic (exact) mass is 380 g/mol. The van der Waals surface area contributed by atoms with Crippen LogP contribution in [0.2, 0.25) is 0 Å². The smallest absolute Gasteiger partial charge is 0.255 e. The Labute approximate surface area is 132 Å². The van der Waals surface area contributed by atoms with Crippen molar-refractivity contribution < 1.29 is 4.79 Å². The number of rotatable bonds is 4. The molecule has 4 heteroatoms. The van der Waals surface area contributed by atoms with Crippen molar-refractivity contribution in [1.29, 1.82) is 0 Å². The van der Waals surface area contributed by atoms with Crippen LogP contribution in [0.4, 0.5) is 11.4 Å². The standard InChI is InChI=1S/C16H17IN2O/c1-3-18-14-9-8-12(10-11(14)2)16(20)19-15-7-5-4-6-13(15)17/h4-10,18H,3H2,1-2H3,(H,19,20). The zero-order valence-corrected chi connectivity index (χ0v) is 13.7. The molecule has 0 aliphatic carbocycles. The molecule has 0 fully saturated rings. The summed E-state index contributed by atoms with van der Waals surface area (Å²) in [4.78, 5) is 12.3. The van der Waals surface area contributed by atoms with E-state index in [0.717, 1.165) is 27.1 Å². The highest BCUT2D eigenvalue weighted by molar-refractivity contribution is 14.1. The minimum atomic E-state index is -0.0831. The molecule has 0 atom stereocenters. The molecule has 0 saturated carbocycles. The number of aryl methyl sites for hydroxylation is 1. The number of anilines is 2. The molecule has 1 amide bonds. The predicted molar refractivity (Wildman–Crippen MR) is 92.5 cm³/mol. The van der Waals surface area contributed by atoms with Crippen molar-refractivity contribution in [3.63, 3.8) is 0 Å². The van der Waals surface area contributed by atoms with Crippen LogP contribution in [0.25, 0.3) is 0 Å². The Morgan fingerprint density at radius 3 is 2.55 bits per heavy atom. The van der Waals surface area contributed by atoms with Crippen LogP contribution in [-0.4, -0.2) is 12.5 Å². The molecule has 2 aromatic carbocycles. The lowest BCUT2D eigenvalue weighted by atomic mass is 10.1. The van der Waals surface area contributed by atoms with E-state index in [2.05, 4.69) is 40.1 Å². The second kappa shape index (κ2) is 6.74. The average molecular weight is 380 g/mol. The first-order valence-corrected chi connectivity index (χ1v) is 7.60. The summed E-state index contributed by atoms with van der Waals surface area (Å²) in [6, 6.07) is 13.4. The molecule has 20 heavy (non-hydrogen) atoms.